The van der Waals surface area contributed by atoms with Gasteiger partial charge in [0.05, 0.1) is 11.3 Å². The van der Waals surface area contributed by atoms with Gasteiger partial charge >= 0.3 is 18.1 Å². The summed E-state index contributed by atoms with van der Waals surface area (Å²) in [5.74, 6) is 0.0240. The molecular formula is C24H43F3O4. The molecule has 0 aromatic rings. The lowest BCUT2D eigenvalue weighted by Crippen LogP contribution is -2.42. The van der Waals surface area contributed by atoms with Gasteiger partial charge in [-0.25, -0.2) is 0 Å². The van der Waals surface area contributed by atoms with E-state index in [1.165, 1.54) is 32.6 Å². The van der Waals surface area contributed by atoms with Crippen LogP contribution in [0.2, 0.25) is 0 Å². The molecule has 1 saturated carbocycles. The third kappa shape index (κ3) is 10.3. The molecule has 31 heavy (non-hydrogen) atoms. The second-order valence-corrected chi connectivity index (χ2v) is 10.1. The highest BCUT2D eigenvalue weighted by atomic mass is 19.4. The minimum absolute atomic E-state index is 0.0476. The fourth-order valence-corrected chi connectivity index (χ4v) is 3.08. The van der Waals surface area contributed by atoms with Gasteiger partial charge in [-0.2, -0.15) is 13.2 Å². The maximum atomic E-state index is 12.2. The first-order valence-electron chi connectivity index (χ1n) is 11.5. The number of halogens is 3. The van der Waals surface area contributed by atoms with Gasteiger partial charge in [0.25, 0.3) is 0 Å². The van der Waals surface area contributed by atoms with Crippen molar-refractivity contribution in [2.45, 2.75) is 119 Å². The molecule has 0 saturated heterocycles. The van der Waals surface area contributed by atoms with Crippen LogP contribution in [0.5, 0.6) is 0 Å². The average Bonchev–Trinajstić information content (AvgIpc) is 2.66. The Bertz CT molecular complexity index is 562. The summed E-state index contributed by atoms with van der Waals surface area (Å²) in [6.45, 7) is 16.5. The summed E-state index contributed by atoms with van der Waals surface area (Å²) in [6, 6.07) is 0. The van der Waals surface area contributed by atoms with Crippen LogP contribution < -0.4 is 0 Å². The third-order valence-electron chi connectivity index (χ3n) is 6.56. The van der Waals surface area contributed by atoms with Crippen molar-refractivity contribution in [2.24, 2.45) is 23.2 Å². The molecule has 184 valence electrons. The summed E-state index contributed by atoms with van der Waals surface area (Å²) in [5, 5.41) is 0. The largest absolute Gasteiger partial charge is 0.459 e. The predicted octanol–water partition coefficient (Wildman–Crippen LogP) is 7.10. The van der Waals surface area contributed by atoms with Crippen LogP contribution >= 0.6 is 0 Å². The number of carbonyl (C=O) groups is 2. The summed E-state index contributed by atoms with van der Waals surface area (Å²) < 4.78 is 45.7. The second-order valence-electron chi connectivity index (χ2n) is 10.1. The van der Waals surface area contributed by atoms with Crippen molar-refractivity contribution in [2.75, 3.05) is 0 Å². The molecule has 4 nitrogen and oxygen atoms in total. The van der Waals surface area contributed by atoms with E-state index in [1.54, 1.807) is 6.92 Å². The molecule has 7 heteroatoms. The zero-order chi connectivity index (χ0) is 24.6. The molecule has 2 atom stereocenters. The third-order valence-corrected chi connectivity index (χ3v) is 6.56. The minimum atomic E-state index is -4.47. The quantitative estimate of drug-likeness (QED) is 0.387. The number of rotatable bonds is 7. The first-order chi connectivity index (χ1) is 14.0. The molecule has 1 fully saturated rings. The van der Waals surface area contributed by atoms with Gasteiger partial charge in [-0.1, -0.05) is 40.5 Å². The van der Waals surface area contributed by atoms with Gasteiger partial charge < -0.3 is 9.47 Å². The van der Waals surface area contributed by atoms with Crippen LogP contribution in [0.25, 0.3) is 0 Å². The molecule has 0 heterocycles. The molecule has 0 radical (unpaired) electrons. The highest BCUT2D eigenvalue weighted by Gasteiger charge is 2.40. The van der Waals surface area contributed by atoms with Crippen LogP contribution in [-0.2, 0) is 19.1 Å². The van der Waals surface area contributed by atoms with Crippen molar-refractivity contribution < 1.29 is 32.2 Å². The molecule has 0 aliphatic heterocycles. The van der Waals surface area contributed by atoms with Gasteiger partial charge in [0, 0.05) is 0 Å². The van der Waals surface area contributed by atoms with Gasteiger partial charge in [0.15, 0.2) is 6.10 Å². The van der Waals surface area contributed by atoms with E-state index in [0.29, 0.717) is 12.3 Å². The van der Waals surface area contributed by atoms with Crippen molar-refractivity contribution in [3.63, 3.8) is 0 Å². The molecular weight excluding hydrogens is 409 g/mol. The van der Waals surface area contributed by atoms with E-state index in [1.807, 2.05) is 20.8 Å². The maximum Gasteiger partial charge on any atom is 0.425 e. The second kappa shape index (κ2) is 12.1. The molecule has 0 bridgehead atoms. The van der Waals surface area contributed by atoms with Gasteiger partial charge in [-0.05, 0) is 72.1 Å². The van der Waals surface area contributed by atoms with Crippen LogP contribution in [0.15, 0.2) is 0 Å². The lowest BCUT2D eigenvalue weighted by molar-refractivity contribution is -0.218. The Morgan fingerprint density at radius 1 is 0.968 bits per heavy atom. The number of ether oxygens (including phenoxy) is 2. The van der Waals surface area contributed by atoms with Crippen LogP contribution in [0.3, 0.4) is 0 Å². The predicted molar refractivity (Wildman–Crippen MR) is 116 cm³/mol. The number of esters is 2. The fourth-order valence-electron chi connectivity index (χ4n) is 3.08. The zero-order valence-corrected chi connectivity index (χ0v) is 20.8. The Morgan fingerprint density at radius 2 is 1.45 bits per heavy atom. The number of carbonyl (C=O) groups excluding carboxylic acids is 2. The van der Waals surface area contributed by atoms with Crippen LogP contribution in [-0.4, -0.2) is 29.8 Å². The van der Waals surface area contributed by atoms with E-state index in [-0.39, 0.29) is 17.0 Å². The van der Waals surface area contributed by atoms with Crippen LogP contribution in [0.1, 0.15) is 101 Å². The van der Waals surface area contributed by atoms with Crippen molar-refractivity contribution in [3.8, 4) is 0 Å². The summed E-state index contributed by atoms with van der Waals surface area (Å²) >= 11 is 0. The Morgan fingerprint density at radius 3 is 1.84 bits per heavy atom. The van der Waals surface area contributed by atoms with E-state index in [0.717, 1.165) is 19.3 Å². The SMILES string of the molecule is CCC(C)(C)C(=O)OC(C)(C)C1CCC(C)CC1.CCC(C)C(=O)OC(C)C(F)(F)F. The number of hydrogen-bond acceptors (Lipinski definition) is 4. The molecule has 1 rings (SSSR count). The van der Waals surface area contributed by atoms with E-state index < -0.39 is 24.2 Å². The Labute approximate surface area is 186 Å². The highest BCUT2D eigenvalue weighted by Crippen LogP contribution is 2.38. The summed E-state index contributed by atoms with van der Waals surface area (Å²) in [6.07, 6.45) is -0.280. The maximum absolute atomic E-state index is 12.2. The number of alkyl halides is 3. The Kier molecular flexibility index (Phi) is 11.6. The monoisotopic (exact) mass is 452 g/mol. The Balaban J connectivity index is 0.000000615. The van der Waals surface area contributed by atoms with E-state index in [2.05, 4.69) is 25.5 Å². The summed E-state index contributed by atoms with van der Waals surface area (Å²) in [7, 11) is 0. The van der Waals surface area contributed by atoms with Crippen LogP contribution in [0.4, 0.5) is 13.2 Å². The molecule has 1 aliphatic rings. The first-order valence-corrected chi connectivity index (χ1v) is 11.5. The van der Waals surface area contributed by atoms with Gasteiger partial charge in [-0.15, -0.1) is 0 Å². The summed E-state index contributed by atoms with van der Waals surface area (Å²) in [4.78, 5) is 23.1. The minimum Gasteiger partial charge on any atom is -0.459 e. The molecule has 0 spiro atoms. The standard InChI is InChI=1S/C16H30O2.C8H13F3O2/c1-7-15(3,4)14(17)18-16(5,6)13-10-8-12(2)9-11-13;1-4-5(2)7(12)13-6(3)8(9,10)11/h12-13H,7-11H2,1-6H3;5-6H,4H2,1-3H3. The molecule has 0 aromatic carbocycles. The lowest BCUT2D eigenvalue weighted by atomic mass is 9.75. The van der Waals surface area contributed by atoms with Crippen molar-refractivity contribution >= 4 is 11.9 Å². The fraction of sp³-hybridized carbons (Fsp3) is 0.917. The lowest BCUT2D eigenvalue weighted by Gasteiger charge is -2.39. The molecule has 2 unspecified atom stereocenters. The van der Waals surface area contributed by atoms with Gasteiger partial charge in [0.1, 0.15) is 5.60 Å². The van der Waals surface area contributed by atoms with E-state index in [9.17, 15) is 22.8 Å². The molecule has 0 amide bonds. The topological polar surface area (TPSA) is 52.6 Å². The zero-order valence-electron chi connectivity index (χ0n) is 20.8. The molecule has 0 N–H and O–H groups in total. The van der Waals surface area contributed by atoms with E-state index in [4.69, 9.17) is 4.74 Å². The average molecular weight is 453 g/mol. The summed E-state index contributed by atoms with van der Waals surface area (Å²) in [5.41, 5.74) is -0.678. The van der Waals surface area contributed by atoms with Crippen molar-refractivity contribution in [1.29, 1.82) is 0 Å². The normalized spacial score (nSPS) is 21.9. The first kappa shape index (κ1) is 29.7. The Hall–Kier alpha value is -1.27. The molecule has 0 aromatic heterocycles. The van der Waals surface area contributed by atoms with Crippen molar-refractivity contribution in [1.82, 2.24) is 0 Å². The van der Waals surface area contributed by atoms with Gasteiger partial charge in [0.2, 0.25) is 0 Å². The van der Waals surface area contributed by atoms with E-state index >= 15 is 0 Å². The highest BCUT2D eigenvalue weighted by molar-refractivity contribution is 5.76. The smallest absolute Gasteiger partial charge is 0.425 e. The van der Waals surface area contributed by atoms with Crippen LogP contribution in [0, 0.1) is 23.2 Å². The number of hydrogen-bond donors (Lipinski definition) is 0. The van der Waals surface area contributed by atoms with Gasteiger partial charge in [-0.3, -0.25) is 9.59 Å². The molecule has 1 aliphatic carbocycles. The van der Waals surface area contributed by atoms with Crippen molar-refractivity contribution in [3.05, 3.63) is 0 Å².